The van der Waals surface area contributed by atoms with Gasteiger partial charge in [0.2, 0.25) is 11.8 Å². The molecular weight excluding hydrogens is 256 g/mol. The maximum Gasteiger partial charge on any atom is 0.225 e. The fourth-order valence-corrected chi connectivity index (χ4v) is 1.78. The van der Waals surface area contributed by atoms with Gasteiger partial charge in [-0.25, -0.2) is 0 Å². The van der Waals surface area contributed by atoms with Crippen LogP contribution in [0.5, 0.6) is 5.88 Å². The zero-order valence-electron chi connectivity index (χ0n) is 11.7. The summed E-state index contributed by atoms with van der Waals surface area (Å²) in [7, 11) is 1.85. The standard InChI is InChI=1S/C14H18N4O2/c1-3-20-14-6-4-5-12(17-14)16-13(19)8-7-11-9-15-18(2)10-11/h4-6,9-10H,3,7-8H2,1-2H3,(H,16,17,19). The quantitative estimate of drug-likeness (QED) is 0.872. The first-order valence-electron chi connectivity index (χ1n) is 6.54. The highest BCUT2D eigenvalue weighted by molar-refractivity contribution is 5.89. The Labute approximate surface area is 117 Å². The molecule has 0 saturated heterocycles. The molecule has 0 fully saturated rings. The number of carbonyl (C=O) groups is 1. The van der Waals surface area contributed by atoms with Crippen LogP contribution in [0.25, 0.3) is 0 Å². The zero-order valence-corrected chi connectivity index (χ0v) is 11.7. The first-order chi connectivity index (χ1) is 9.67. The van der Waals surface area contributed by atoms with Gasteiger partial charge in [0.15, 0.2) is 0 Å². The van der Waals surface area contributed by atoms with E-state index in [9.17, 15) is 4.79 Å². The number of rotatable bonds is 6. The van der Waals surface area contributed by atoms with Crippen LogP contribution in [0.1, 0.15) is 18.9 Å². The summed E-state index contributed by atoms with van der Waals surface area (Å²) in [5, 5.41) is 6.83. The van der Waals surface area contributed by atoms with E-state index in [0.717, 1.165) is 5.56 Å². The lowest BCUT2D eigenvalue weighted by Crippen LogP contribution is -2.13. The molecule has 0 aliphatic heterocycles. The average molecular weight is 274 g/mol. The van der Waals surface area contributed by atoms with Crippen molar-refractivity contribution in [2.75, 3.05) is 11.9 Å². The summed E-state index contributed by atoms with van der Waals surface area (Å²) in [4.78, 5) is 16.0. The number of ether oxygens (including phenoxy) is 1. The number of carbonyl (C=O) groups excluding carboxylic acids is 1. The van der Waals surface area contributed by atoms with E-state index in [1.165, 1.54) is 0 Å². The van der Waals surface area contributed by atoms with Crippen molar-refractivity contribution >= 4 is 11.7 Å². The lowest BCUT2D eigenvalue weighted by atomic mass is 10.2. The summed E-state index contributed by atoms with van der Waals surface area (Å²) in [6.45, 7) is 2.44. The molecule has 6 nitrogen and oxygen atoms in total. The van der Waals surface area contributed by atoms with E-state index in [2.05, 4.69) is 15.4 Å². The summed E-state index contributed by atoms with van der Waals surface area (Å²) in [6.07, 6.45) is 4.72. The SMILES string of the molecule is CCOc1cccc(NC(=O)CCc2cnn(C)c2)n1. The Hall–Kier alpha value is -2.37. The Balaban J connectivity index is 1.86. The van der Waals surface area contributed by atoms with Crippen LogP contribution in [0.4, 0.5) is 5.82 Å². The van der Waals surface area contributed by atoms with Crippen molar-refractivity contribution in [3.63, 3.8) is 0 Å². The van der Waals surface area contributed by atoms with Crippen molar-refractivity contribution in [2.24, 2.45) is 7.05 Å². The fraction of sp³-hybridized carbons (Fsp3) is 0.357. The molecule has 0 bridgehead atoms. The van der Waals surface area contributed by atoms with E-state index in [-0.39, 0.29) is 5.91 Å². The number of pyridine rings is 1. The Morgan fingerprint density at radius 3 is 3.00 bits per heavy atom. The normalized spacial score (nSPS) is 10.3. The highest BCUT2D eigenvalue weighted by Crippen LogP contribution is 2.12. The zero-order chi connectivity index (χ0) is 14.4. The number of hydrogen-bond donors (Lipinski definition) is 1. The van der Waals surface area contributed by atoms with Crippen molar-refractivity contribution in [3.8, 4) is 5.88 Å². The van der Waals surface area contributed by atoms with Crippen LogP contribution >= 0.6 is 0 Å². The Kier molecular flexibility index (Phi) is 4.70. The smallest absolute Gasteiger partial charge is 0.225 e. The maximum atomic E-state index is 11.8. The molecule has 106 valence electrons. The van der Waals surface area contributed by atoms with Crippen molar-refractivity contribution in [3.05, 3.63) is 36.2 Å². The summed E-state index contributed by atoms with van der Waals surface area (Å²) in [5.74, 6) is 0.944. The molecule has 2 heterocycles. The Morgan fingerprint density at radius 1 is 1.45 bits per heavy atom. The fourth-order valence-electron chi connectivity index (χ4n) is 1.78. The molecule has 1 N–H and O–H groups in total. The molecule has 0 saturated carbocycles. The number of aryl methyl sites for hydroxylation is 2. The maximum absolute atomic E-state index is 11.8. The van der Waals surface area contributed by atoms with Crippen LogP contribution in [0.3, 0.4) is 0 Å². The van der Waals surface area contributed by atoms with Gasteiger partial charge in [0, 0.05) is 25.7 Å². The summed E-state index contributed by atoms with van der Waals surface area (Å²) in [5.41, 5.74) is 1.04. The van der Waals surface area contributed by atoms with E-state index in [0.29, 0.717) is 31.1 Å². The molecule has 0 atom stereocenters. The van der Waals surface area contributed by atoms with E-state index < -0.39 is 0 Å². The second-order valence-electron chi connectivity index (χ2n) is 4.36. The molecule has 0 aliphatic carbocycles. The van der Waals surface area contributed by atoms with Gasteiger partial charge < -0.3 is 10.1 Å². The first-order valence-corrected chi connectivity index (χ1v) is 6.54. The van der Waals surface area contributed by atoms with E-state index >= 15 is 0 Å². The lowest BCUT2D eigenvalue weighted by molar-refractivity contribution is -0.116. The first kappa shape index (κ1) is 14.0. The molecule has 0 unspecified atom stereocenters. The Bertz CT molecular complexity index is 580. The third-order valence-corrected chi connectivity index (χ3v) is 2.68. The third-order valence-electron chi connectivity index (χ3n) is 2.68. The van der Waals surface area contributed by atoms with Crippen LogP contribution < -0.4 is 10.1 Å². The van der Waals surface area contributed by atoms with Crippen molar-refractivity contribution in [1.29, 1.82) is 0 Å². The third kappa shape index (κ3) is 4.08. The minimum absolute atomic E-state index is 0.0741. The second-order valence-corrected chi connectivity index (χ2v) is 4.36. The molecule has 0 spiro atoms. The molecule has 1 amide bonds. The highest BCUT2D eigenvalue weighted by atomic mass is 16.5. The van der Waals surface area contributed by atoms with Gasteiger partial charge in [-0.3, -0.25) is 9.48 Å². The van der Waals surface area contributed by atoms with Crippen molar-refractivity contribution in [2.45, 2.75) is 19.8 Å². The summed E-state index contributed by atoms with van der Waals surface area (Å²) in [6, 6.07) is 5.30. The Morgan fingerprint density at radius 2 is 2.30 bits per heavy atom. The highest BCUT2D eigenvalue weighted by Gasteiger charge is 2.06. The summed E-state index contributed by atoms with van der Waals surface area (Å²) < 4.78 is 7.01. The number of anilines is 1. The number of aromatic nitrogens is 3. The molecule has 0 radical (unpaired) electrons. The van der Waals surface area contributed by atoms with Gasteiger partial charge in [-0.15, -0.1) is 0 Å². The van der Waals surface area contributed by atoms with Crippen LogP contribution in [0.2, 0.25) is 0 Å². The predicted molar refractivity (Wildman–Crippen MR) is 75.6 cm³/mol. The number of nitrogens with zero attached hydrogens (tertiary/aromatic N) is 3. The van der Waals surface area contributed by atoms with Crippen LogP contribution in [-0.2, 0) is 18.3 Å². The minimum atomic E-state index is -0.0741. The molecule has 2 aromatic heterocycles. The molecule has 6 heteroatoms. The van der Waals surface area contributed by atoms with Crippen LogP contribution in [-0.4, -0.2) is 27.3 Å². The van der Waals surface area contributed by atoms with Gasteiger partial charge in [-0.1, -0.05) is 6.07 Å². The molecule has 2 rings (SSSR count). The van der Waals surface area contributed by atoms with Gasteiger partial charge >= 0.3 is 0 Å². The van der Waals surface area contributed by atoms with Crippen molar-refractivity contribution in [1.82, 2.24) is 14.8 Å². The number of amides is 1. The van der Waals surface area contributed by atoms with E-state index in [1.54, 1.807) is 29.1 Å². The molecule has 0 aromatic carbocycles. The molecule has 0 aliphatic rings. The topological polar surface area (TPSA) is 69.0 Å². The lowest BCUT2D eigenvalue weighted by Gasteiger charge is -2.06. The largest absolute Gasteiger partial charge is 0.478 e. The molecule has 2 aromatic rings. The minimum Gasteiger partial charge on any atom is -0.478 e. The van der Waals surface area contributed by atoms with Crippen LogP contribution in [0, 0.1) is 0 Å². The van der Waals surface area contributed by atoms with Gasteiger partial charge in [-0.2, -0.15) is 10.1 Å². The molecular formula is C14H18N4O2. The summed E-state index contributed by atoms with van der Waals surface area (Å²) >= 11 is 0. The molecule has 20 heavy (non-hydrogen) atoms. The number of hydrogen-bond acceptors (Lipinski definition) is 4. The van der Waals surface area contributed by atoms with Gasteiger partial charge in [0.1, 0.15) is 5.82 Å². The van der Waals surface area contributed by atoms with Gasteiger partial charge in [0.05, 0.1) is 12.8 Å². The monoisotopic (exact) mass is 274 g/mol. The van der Waals surface area contributed by atoms with E-state index in [4.69, 9.17) is 4.74 Å². The van der Waals surface area contributed by atoms with Gasteiger partial charge in [0.25, 0.3) is 0 Å². The van der Waals surface area contributed by atoms with Crippen molar-refractivity contribution < 1.29 is 9.53 Å². The predicted octanol–water partition coefficient (Wildman–Crippen LogP) is 1.79. The van der Waals surface area contributed by atoms with Gasteiger partial charge in [-0.05, 0) is 25.0 Å². The number of nitrogens with one attached hydrogen (secondary N) is 1. The average Bonchev–Trinajstić information content (AvgIpc) is 2.83. The van der Waals surface area contributed by atoms with E-state index in [1.807, 2.05) is 20.2 Å². The second kappa shape index (κ2) is 6.70. The van der Waals surface area contributed by atoms with Crippen LogP contribution in [0.15, 0.2) is 30.6 Å².